The third-order valence-corrected chi connectivity index (χ3v) is 5.31. The molecule has 4 aliphatic rings. The number of likely N-dealkylation sites (tertiary alicyclic amines) is 1. The third kappa shape index (κ3) is 2.88. The lowest BCUT2D eigenvalue weighted by atomic mass is 10.1. The van der Waals surface area contributed by atoms with Crippen LogP contribution in [0.4, 0.5) is 4.79 Å². The molecule has 9 nitrogen and oxygen atoms in total. The number of hydrogen-bond acceptors (Lipinski definition) is 6. The molecule has 0 aliphatic carbocycles. The Morgan fingerprint density at radius 2 is 2.04 bits per heavy atom. The fraction of sp³-hybridized carbons (Fsp3) is 0.625. The zero-order valence-electron chi connectivity index (χ0n) is 13.7. The minimum absolute atomic E-state index is 0.0763. The van der Waals surface area contributed by atoms with Gasteiger partial charge in [0, 0.05) is 32.3 Å². The SMILES string of the molecule is O=C(O)OC1CCN(CC2CN3C(=O)C=NC4C=CC(=O)N2C43)CC1. The first-order valence-electron chi connectivity index (χ1n) is 8.49. The number of carbonyl (C=O) groups is 3. The van der Waals surface area contributed by atoms with Crippen molar-refractivity contribution in [3.05, 3.63) is 12.2 Å². The smallest absolute Gasteiger partial charge is 0.450 e. The summed E-state index contributed by atoms with van der Waals surface area (Å²) in [6, 6.07) is -0.261. The number of nitrogens with zero attached hydrogens (tertiary/aromatic N) is 4. The van der Waals surface area contributed by atoms with Crippen molar-refractivity contribution in [3.8, 4) is 0 Å². The van der Waals surface area contributed by atoms with Crippen LogP contribution in [-0.2, 0) is 14.3 Å². The summed E-state index contributed by atoms with van der Waals surface area (Å²) in [6.07, 6.45) is 4.12. The van der Waals surface area contributed by atoms with E-state index >= 15 is 0 Å². The van der Waals surface area contributed by atoms with Gasteiger partial charge < -0.3 is 24.5 Å². The lowest BCUT2D eigenvalue weighted by Crippen LogP contribution is -2.56. The van der Waals surface area contributed by atoms with E-state index in [0.29, 0.717) is 39.0 Å². The van der Waals surface area contributed by atoms with Gasteiger partial charge in [0.05, 0.1) is 12.3 Å². The molecule has 134 valence electrons. The third-order valence-electron chi connectivity index (χ3n) is 5.31. The number of aliphatic imine (C=N–C) groups is 1. The van der Waals surface area contributed by atoms with E-state index in [-0.39, 0.29) is 36.2 Å². The highest BCUT2D eigenvalue weighted by molar-refractivity contribution is 6.27. The van der Waals surface area contributed by atoms with Crippen molar-refractivity contribution >= 4 is 24.2 Å². The molecule has 0 bridgehead atoms. The zero-order valence-corrected chi connectivity index (χ0v) is 13.7. The van der Waals surface area contributed by atoms with Gasteiger partial charge in [0.2, 0.25) is 5.91 Å². The normalized spacial score (nSPS) is 32.2. The van der Waals surface area contributed by atoms with Gasteiger partial charge in [-0.05, 0) is 12.8 Å². The molecule has 0 spiro atoms. The predicted molar refractivity (Wildman–Crippen MR) is 86.1 cm³/mol. The van der Waals surface area contributed by atoms with Crippen molar-refractivity contribution in [3.63, 3.8) is 0 Å². The summed E-state index contributed by atoms with van der Waals surface area (Å²) in [5.41, 5.74) is 0. The monoisotopic (exact) mass is 348 g/mol. The van der Waals surface area contributed by atoms with E-state index in [1.165, 1.54) is 12.3 Å². The van der Waals surface area contributed by atoms with Gasteiger partial charge in [0.25, 0.3) is 5.91 Å². The summed E-state index contributed by atoms with van der Waals surface area (Å²) in [7, 11) is 0. The highest BCUT2D eigenvalue weighted by atomic mass is 16.7. The summed E-state index contributed by atoms with van der Waals surface area (Å²) in [5, 5.41) is 8.70. The van der Waals surface area contributed by atoms with Gasteiger partial charge in [-0.25, -0.2) is 4.79 Å². The van der Waals surface area contributed by atoms with E-state index in [4.69, 9.17) is 9.84 Å². The van der Waals surface area contributed by atoms with Crippen LogP contribution in [0.15, 0.2) is 17.1 Å². The number of rotatable bonds is 3. The zero-order chi connectivity index (χ0) is 17.6. The molecule has 3 atom stereocenters. The molecule has 2 amide bonds. The highest BCUT2D eigenvalue weighted by Gasteiger charge is 2.50. The summed E-state index contributed by atoms with van der Waals surface area (Å²) in [4.78, 5) is 45.1. The van der Waals surface area contributed by atoms with Crippen molar-refractivity contribution in [2.45, 2.75) is 37.2 Å². The number of ether oxygens (including phenoxy) is 1. The Kier molecular flexibility index (Phi) is 3.95. The fourth-order valence-corrected chi connectivity index (χ4v) is 4.18. The van der Waals surface area contributed by atoms with Crippen LogP contribution in [0.2, 0.25) is 0 Å². The largest absolute Gasteiger partial charge is 0.506 e. The van der Waals surface area contributed by atoms with E-state index in [0.717, 1.165) is 0 Å². The summed E-state index contributed by atoms with van der Waals surface area (Å²) in [6.45, 7) is 2.59. The van der Waals surface area contributed by atoms with Gasteiger partial charge in [-0.2, -0.15) is 0 Å². The summed E-state index contributed by atoms with van der Waals surface area (Å²) >= 11 is 0. The molecule has 9 heteroatoms. The average Bonchev–Trinajstić information content (AvgIpc) is 2.96. The molecule has 4 rings (SSSR count). The second-order valence-corrected chi connectivity index (χ2v) is 6.82. The van der Waals surface area contributed by atoms with Gasteiger partial charge in [0.1, 0.15) is 18.3 Å². The summed E-state index contributed by atoms with van der Waals surface area (Å²) < 4.78 is 4.83. The summed E-state index contributed by atoms with van der Waals surface area (Å²) in [5.74, 6) is -0.229. The predicted octanol–water partition coefficient (Wildman–Crippen LogP) is -0.466. The first kappa shape index (κ1) is 16.1. The maximum atomic E-state index is 12.4. The van der Waals surface area contributed by atoms with Crippen molar-refractivity contribution < 1.29 is 24.2 Å². The molecule has 0 radical (unpaired) electrons. The Labute approximate surface area is 144 Å². The lowest BCUT2D eigenvalue weighted by molar-refractivity contribution is -0.135. The molecule has 0 aromatic heterocycles. The molecule has 4 heterocycles. The van der Waals surface area contributed by atoms with Crippen molar-refractivity contribution in [1.29, 1.82) is 0 Å². The fourth-order valence-electron chi connectivity index (χ4n) is 4.18. The quantitative estimate of drug-likeness (QED) is 0.692. The van der Waals surface area contributed by atoms with Crippen LogP contribution in [0.1, 0.15) is 12.8 Å². The Hall–Kier alpha value is -2.42. The van der Waals surface area contributed by atoms with E-state index in [1.54, 1.807) is 15.9 Å². The van der Waals surface area contributed by atoms with E-state index in [9.17, 15) is 14.4 Å². The Morgan fingerprint density at radius 1 is 1.28 bits per heavy atom. The van der Waals surface area contributed by atoms with Crippen LogP contribution >= 0.6 is 0 Å². The van der Waals surface area contributed by atoms with Crippen molar-refractivity contribution in [1.82, 2.24) is 14.7 Å². The van der Waals surface area contributed by atoms with Gasteiger partial charge >= 0.3 is 6.16 Å². The van der Waals surface area contributed by atoms with Crippen molar-refractivity contribution in [2.75, 3.05) is 26.2 Å². The molecule has 0 saturated carbocycles. The molecular weight excluding hydrogens is 328 g/mol. The first-order valence-corrected chi connectivity index (χ1v) is 8.49. The van der Waals surface area contributed by atoms with Crippen LogP contribution in [0.25, 0.3) is 0 Å². The number of carbonyl (C=O) groups excluding carboxylic acids is 2. The Morgan fingerprint density at radius 3 is 2.76 bits per heavy atom. The van der Waals surface area contributed by atoms with Crippen molar-refractivity contribution in [2.24, 2.45) is 4.99 Å². The molecule has 0 aromatic carbocycles. The second-order valence-electron chi connectivity index (χ2n) is 6.82. The Balaban J connectivity index is 1.42. The van der Waals surface area contributed by atoms with Crippen LogP contribution in [0, 0.1) is 0 Å². The molecule has 2 fully saturated rings. The second kappa shape index (κ2) is 6.14. The number of amides is 2. The minimum Gasteiger partial charge on any atom is -0.450 e. The van der Waals surface area contributed by atoms with Crippen LogP contribution < -0.4 is 0 Å². The van der Waals surface area contributed by atoms with E-state index in [2.05, 4.69) is 9.89 Å². The van der Waals surface area contributed by atoms with Gasteiger partial charge in [-0.1, -0.05) is 6.08 Å². The van der Waals surface area contributed by atoms with E-state index in [1.807, 2.05) is 0 Å². The lowest BCUT2D eigenvalue weighted by Gasteiger charge is -2.39. The van der Waals surface area contributed by atoms with Crippen LogP contribution in [0.3, 0.4) is 0 Å². The number of piperidine rings is 1. The van der Waals surface area contributed by atoms with Crippen LogP contribution in [0.5, 0.6) is 0 Å². The molecule has 0 aromatic rings. The molecule has 4 aliphatic heterocycles. The molecule has 2 saturated heterocycles. The number of hydrogen-bond donors (Lipinski definition) is 1. The Bertz CT molecular complexity index is 655. The topological polar surface area (TPSA) is 103 Å². The molecule has 25 heavy (non-hydrogen) atoms. The maximum Gasteiger partial charge on any atom is 0.506 e. The van der Waals surface area contributed by atoms with Gasteiger partial charge in [-0.15, -0.1) is 0 Å². The standard InChI is InChI=1S/C16H20N4O5/c21-13-2-1-12-15-19(14(22)7-17-12)9-10(20(13)15)8-18-5-3-11(4-6-18)25-16(23)24/h1-2,7,10-12,15H,3-6,8-9H2,(H,23,24). The van der Waals surface area contributed by atoms with E-state index < -0.39 is 6.16 Å². The highest BCUT2D eigenvalue weighted by Crippen LogP contribution is 2.31. The minimum atomic E-state index is -1.23. The molecule has 1 N–H and O–H groups in total. The average molecular weight is 348 g/mol. The van der Waals surface area contributed by atoms with Gasteiger partial charge in [-0.3, -0.25) is 14.6 Å². The van der Waals surface area contributed by atoms with Gasteiger partial charge in [0.15, 0.2) is 0 Å². The van der Waals surface area contributed by atoms with Crippen LogP contribution in [-0.4, -0.2) is 94.5 Å². The maximum absolute atomic E-state index is 12.4. The molecule has 3 unspecified atom stereocenters. The number of carboxylic acid groups (broad SMARTS) is 1. The molecular formula is C16H20N4O5. The first-order chi connectivity index (χ1) is 12.0.